The molecular weight excluding hydrogens is 296 g/mol. The Morgan fingerprint density at radius 1 is 1.23 bits per heavy atom. The summed E-state index contributed by atoms with van der Waals surface area (Å²) in [7, 11) is 0. The Labute approximate surface area is 138 Å². The number of nitrogens with one attached hydrogen (secondary N) is 1. The summed E-state index contributed by atoms with van der Waals surface area (Å²) in [6.45, 7) is 3.05. The Morgan fingerprint density at radius 2 is 2.00 bits per heavy atom. The summed E-state index contributed by atoms with van der Waals surface area (Å²) in [6, 6.07) is 8.98. The van der Waals surface area contributed by atoms with E-state index in [0.29, 0.717) is 12.0 Å². The van der Waals surface area contributed by atoms with E-state index in [-0.39, 0.29) is 18.3 Å². The number of hydrogen-bond acceptors (Lipinski definition) is 2. The van der Waals surface area contributed by atoms with Gasteiger partial charge in [-0.05, 0) is 62.3 Å². The number of hydrogen-bond donors (Lipinski definition) is 1. The molecule has 0 radical (unpaired) electrons. The lowest BCUT2D eigenvalue weighted by atomic mass is 10.1. The molecule has 2 unspecified atom stereocenters. The van der Waals surface area contributed by atoms with E-state index in [1.165, 1.54) is 31.4 Å². The first-order chi connectivity index (χ1) is 10.3. The van der Waals surface area contributed by atoms with E-state index in [1.807, 2.05) is 11.0 Å². The van der Waals surface area contributed by atoms with Gasteiger partial charge in [0, 0.05) is 30.6 Å². The molecule has 0 spiro atoms. The SMILES string of the molecule is Cl.O=C(c1cccc(C2CC2NCC2CC2)c1)N1CCCC1. The predicted molar refractivity (Wildman–Crippen MR) is 90.7 cm³/mol. The average Bonchev–Trinajstić information content (AvgIpc) is 3.43. The highest BCUT2D eigenvalue weighted by Gasteiger charge is 2.39. The fraction of sp³-hybridized carbons (Fsp3) is 0.611. The van der Waals surface area contributed by atoms with Crippen LogP contribution in [0.4, 0.5) is 0 Å². The molecule has 0 aromatic heterocycles. The zero-order chi connectivity index (χ0) is 14.2. The largest absolute Gasteiger partial charge is 0.339 e. The maximum atomic E-state index is 12.5. The third-order valence-electron chi connectivity index (χ3n) is 5.11. The highest BCUT2D eigenvalue weighted by molar-refractivity contribution is 5.94. The van der Waals surface area contributed by atoms with E-state index in [0.717, 1.165) is 37.4 Å². The van der Waals surface area contributed by atoms with Gasteiger partial charge in [0.2, 0.25) is 0 Å². The lowest BCUT2D eigenvalue weighted by molar-refractivity contribution is 0.0792. The van der Waals surface area contributed by atoms with Gasteiger partial charge in [-0.3, -0.25) is 4.79 Å². The molecule has 1 aromatic rings. The first-order valence-corrected chi connectivity index (χ1v) is 8.44. The fourth-order valence-corrected chi connectivity index (χ4v) is 3.43. The van der Waals surface area contributed by atoms with Crippen molar-refractivity contribution in [3.8, 4) is 0 Å². The van der Waals surface area contributed by atoms with Crippen molar-refractivity contribution in [1.29, 1.82) is 0 Å². The minimum atomic E-state index is 0. The van der Waals surface area contributed by atoms with Crippen LogP contribution in [0.3, 0.4) is 0 Å². The van der Waals surface area contributed by atoms with Crippen LogP contribution in [0, 0.1) is 5.92 Å². The smallest absolute Gasteiger partial charge is 0.253 e. The molecular formula is C18H25ClN2O. The Morgan fingerprint density at radius 3 is 2.73 bits per heavy atom. The van der Waals surface area contributed by atoms with Gasteiger partial charge in [-0.2, -0.15) is 0 Å². The zero-order valence-corrected chi connectivity index (χ0v) is 13.8. The molecule has 2 aliphatic carbocycles. The molecule has 1 amide bonds. The molecule has 1 aromatic carbocycles. The monoisotopic (exact) mass is 320 g/mol. The topological polar surface area (TPSA) is 32.3 Å². The third-order valence-corrected chi connectivity index (χ3v) is 5.11. The van der Waals surface area contributed by atoms with Crippen LogP contribution in [0.2, 0.25) is 0 Å². The maximum absolute atomic E-state index is 12.5. The number of carbonyl (C=O) groups excluding carboxylic acids is 1. The number of amides is 1. The standard InChI is InChI=1S/C18H24N2O.ClH/c21-18(20-8-1-2-9-20)15-5-3-4-14(10-15)16-11-17(16)19-12-13-6-7-13;/h3-5,10,13,16-17,19H,1-2,6-9,11-12H2;1H. The molecule has 120 valence electrons. The van der Waals surface area contributed by atoms with Crippen LogP contribution in [0.5, 0.6) is 0 Å². The van der Waals surface area contributed by atoms with E-state index in [1.54, 1.807) is 0 Å². The second kappa shape index (κ2) is 6.59. The molecule has 3 fully saturated rings. The van der Waals surface area contributed by atoms with Crippen molar-refractivity contribution in [2.24, 2.45) is 5.92 Å². The van der Waals surface area contributed by atoms with Gasteiger partial charge in [0.25, 0.3) is 5.91 Å². The van der Waals surface area contributed by atoms with Gasteiger partial charge in [0.15, 0.2) is 0 Å². The fourth-order valence-electron chi connectivity index (χ4n) is 3.43. The van der Waals surface area contributed by atoms with Gasteiger partial charge in [-0.25, -0.2) is 0 Å². The van der Waals surface area contributed by atoms with Gasteiger partial charge in [0.05, 0.1) is 0 Å². The van der Waals surface area contributed by atoms with E-state index in [2.05, 4.69) is 23.5 Å². The molecule has 22 heavy (non-hydrogen) atoms. The summed E-state index contributed by atoms with van der Waals surface area (Å²) in [4.78, 5) is 14.5. The number of rotatable bonds is 5. The lowest BCUT2D eigenvalue weighted by Gasteiger charge is -2.15. The molecule has 0 bridgehead atoms. The van der Waals surface area contributed by atoms with Crippen LogP contribution in [0.25, 0.3) is 0 Å². The molecule has 1 saturated heterocycles. The average molecular weight is 321 g/mol. The first-order valence-electron chi connectivity index (χ1n) is 8.44. The minimum absolute atomic E-state index is 0. The minimum Gasteiger partial charge on any atom is -0.339 e. The van der Waals surface area contributed by atoms with Crippen LogP contribution in [-0.2, 0) is 0 Å². The van der Waals surface area contributed by atoms with Crippen molar-refractivity contribution in [3.05, 3.63) is 35.4 Å². The van der Waals surface area contributed by atoms with Crippen LogP contribution in [0.1, 0.15) is 53.9 Å². The number of nitrogens with zero attached hydrogens (tertiary/aromatic N) is 1. The zero-order valence-electron chi connectivity index (χ0n) is 13.0. The second-order valence-corrected chi connectivity index (χ2v) is 6.93. The number of likely N-dealkylation sites (tertiary alicyclic amines) is 1. The summed E-state index contributed by atoms with van der Waals surface area (Å²) in [5.41, 5.74) is 2.22. The van der Waals surface area contributed by atoms with Crippen molar-refractivity contribution in [1.82, 2.24) is 10.2 Å². The lowest BCUT2D eigenvalue weighted by Crippen LogP contribution is -2.27. The van der Waals surface area contributed by atoms with Crippen LogP contribution >= 0.6 is 12.4 Å². The molecule has 4 rings (SSSR count). The quantitative estimate of drug-likeness (QED) is 0.903. The Balaban J connectivity index is 0.00000144. The molecule has 1 aliphatic heterocycles. The van der Waals surface area contributed by atoms with Gasteiger partial charge < -0.3 is 10.2 Å². The van der Waals surface area contributed by atoms with Crippen molar-refractivity contribution >= 4 is 18.3 Å². The van der Waals surface area contributed by atoms with Gasteiger partial charge in [0.1, 0.15) is 0 Å². The van der Waals surface area contributed by atoms with E-state index >= 15 is 0 Å². The molecule has 1 N–H and O–H groups in total. The first kappa shape index (κ1) is 15.8. The van der Waals surface area contributed by atoms with Crippen molar-refractivity contribution in [3.63, 3.8) is 0 Å². The van der Waals surface area contributed by atoms with Crippen molar-refractivity contribution < 1.29 is 4.79 Å². The highest BCUT2D eigenvalue weighted by atomic mass is 35.5. The predicted octanol–water partition coefficient (Wildman–Crippen LogP) is 3.20. The Bertz CT molecular complexity index is 538. The maximum Gasteiger partial charge on any atom is 0.253 e. The Kier molecular flexibility index (Phi) is 4.74. The summed E-state index contributed by atoms with van der Waals surface area (Å²) in [5, 5.41) is 3.68. The second-order valence-electron chi connectivity index (χ2n) is 6.93. The summed E-state index contributed by atoms with van der Waals surface area (Å²) in [6.07, 6.45) is 6.35. The summed E-state index contributed by atoms with van der Waals surface area (Å²) < 4.78 is 0. The van der Waals surface area contributed by atoms with Crippen molar-refractivity contribution in [2.75, 3.05) is 19.6 Å². The molecule has 3 nitrogen and oxygen atoms in total. The molecule has 2 saturated carbocycles. The number of carbonyl (C=O) groups is 1. The van der Waals surface area contributed by atoms with Crippen LogP contribution < -0.4 is 5.32 Å². The van der Waals surface area contributed by atoms with Gasteiger partial charge >= 0.3 is 0 Å². The molecule has 4 heteroatoms. The van der Waals surface area contributed by atoms with Gasteiger partial charge in [-0.1, -0.05) is 12.1 Å². The van der Waals surface area contributed by atoms with Gasteiger partial charge in [-0.15, -0.1) is 12.4 Å². The summed E-state index contributed by atoms with van der Waals surface area (Å²) in [5.74, 6) is 1.78. The highest BCUT2D eigenvalue weighted by Crippen LogP contribution is 2.42. The number of benzene rings is 1. The Hall–Kier alpha value is -1.06. The van der Waals surface area contributed by atoms with E-state index in [4.69, 9.17) is 0 Å². The van der Waals surface area contributed by atoms with Crippen LogP contribution in [0.15, 0.2) is 24.3 Å². The molecule has 2 atom stereocenters. The molecule has 3 aliphatic rings. The third kappa shape index (κ3) is 3.47. The normalized spacial score (nSPS) is 26.6. The van der Waals surface area contributed by atoms with Crippen LogP contribution in [-0.4, -0.2) is 36.5 Å². The van der Waals surface area contributed by atoms with E-state index < -0.39 is 0 Å². The summed E-state index contributed by atoms with van der Waals surface area (Å²) >= 11 is 0. The molecule has 1 heterocycles. The van der Waals surface area contributed by atoms with Crippen molar-refractivity contribution in [2.45, 2.75) is 44.1 Å². The number of halogens is 1. The van der Waals surface area contributed by atoms with E-state index in [9.17, 15) is 4.79 Å².